The van der Waals surface area contributed by atoms with Gasteiger partial charge in [-0.2, -0.15) is 0 Å². The molecule has 0 fully saturated rings. The van der Waals surface area contributed by atoms with E-state index in [4.69, 9.17) is 5.73 Å². The molecule has 0 radical (unpaired) electrons. The third-order valence-electron chi connectivity index (χ3n) is 1.64. The lowest BCUT2D eigenvalue weighted by molar-refractivity contribution is 0.575. The molecule has 0 aromatic rings. The predicted octanol–water partition coefficient (Wildman–Crippen LogP) is 1.26. The molecular weight excluding hydrogens is 86.1 g/mol. The summed E-state index contributed by atoms with van der Waals surface area (Å²) in [6.07, 6.45) is 1.21. The van der Waals surface area contributed by atoms with Crippen molar-refractivity contribution < 1.29 is 0 Å². The highest BCUT2D eigenvalue weighted by molar-refractivity contribution is 5.22. The van der Waals surface area contributed by atoms with Gasteiger partial charge in [-0.05, 0) is 19.3 Å². The number of rotatable bonds is 0. The number of hydrogen-bond donors (Lipinski definition) is 1. The van der Waals surface area contributed by atoms with Crippen molar-refractivity contribution in [2.24, 2.45) is 11.7 Å². The molecule has 40 valence electrons. The third kappa shape index (κ3) is 0.521. The first-order valence-corrected chi connectivity index (χ1v) is 2.67. The average Bonchev–Trinajstić information content (AvgIpc) is 1.68. The maximum atomic E-state index is 5.55. The lowest BCUT2D eigenvalue weighted by atomic mass is 9.85. The normalized spacial score (nSPS) is 30.3. The van der Waals surface area contributed by atoms with Gasteiger partial charge in [0.05, 0.1) is 0 Å². The monoisotopic (exact) mass is 97.1 g/mol. The summed E-state index contributed by atoms with van der Waals surface area (Å²) in [4.78, 5) is 0. The second-order valence-electron chi connectivity index (χ2n) is 2.34. The maximum Gasteiger partial charge on any atom is 0.0102 e. The van der Waals surface area contributed by atoms with E-state index >= 15 is 0 Å². The van der Waals surface area contributed by atoms with Crippen LogP contribution < -0.4 is 5.73 Å². The Kier molecular flexibility index (Phi) is 0.841. The van der Waals surface area contributed by atoms with Crippen molar-refractivity contribution >= 4 is 0 Å². The zero-order chi connectivity index (χ0) is 5.44. The van der Waals surface area contributed by atoms with Crippen LogP contribution in [0.2, 0.25) is 0 Å². The van der Waals surface area contributed by atoms with Crippen LogP contribution in [0.25, 0.3) is 0 Å². The summed E-state index contributed by atoms with van der Waals surface area (Å²) in [6.45, 7) is 4.25. The minimum absolute atomic E-state index is 0.667. The second kappa shape index (κ2) is 1.25. The molecule has 0 bridgehead atoms. The van der Waals surface area contributed by atoms with E-state index in [0.717, 1.165) is 5.70 Å². The Bertz CT molecular complexity index is 113. The fraction of sp³-hybridized carbons (Fsp3) is 0.667. The first kappa shape index (κ1) is 4.69. The Hall–Kier alpha value is -0.460. The van der Waals surface area contributed by atoms with Gasteiger partial charge >= 0.3 is 0 Å². The molecular formula is C6H11N. The van der Waals surface area contributed by atoms with Gasteiger partial charge in [0, 0.05) is 5.70 Å². The van der Waals surface area contributed by atoms with Crippen molar-refractivity contribution in [2.45, 2.75) is 20.3 Å². The van der Waals surface area contributed by atoms with Crippen molar-refractivity contribution in [2.75, 3.05) is 0 Å². The Morgan fingerprint density at radius 3 is 2.29 bits per heavy atom. The molecule has 7 heavy (non-hydrogen) atoms. The first-order valence-electron chi connectivity index (χ1n) is 2.67. The maximum absolute atomic E-state index is 5.55. The summed E-state index contributed by atoms with van der Waals surface area (Å²) >= 11 is 0. The minimum Gasteiger partial charge on any atom is -0.402 e. The highest BCUT2D eigenvalue weighted by atomic mass is 14.6. The van der Waals surface area contributed by atoms with Gasteiger partial charge in [0.25, 0.3) is 0 Å². The summed E-state index contributed by atoms with van der Waals surface area (Å²) in [7, 11) is 0. The lowest BCUT2D eigenvalue weighted by Crippen LogP contribution is -2.20. The summed E-state index contributed by atoms with van der Waals surface area (Å²) in [6, 6.07) is 0. The van der Waals surface area contributed by atoms with Crippen LogP contribution in [0.3, 0.4) is 0 Å². The van der Waals surface area contributed by atoms with E-state index in [9.17, 15) is 0 Å². The Morgan fingerprint density at radius 2 is 2.29 bits per heavy atom. The first-order chi connectivity index (χ1) is 3.22. The van der Waals surface area contributed by atoms with E-state index in [2.05, 4.69) is 13.8 Å². The van der Waals surface area contributed by atoms with E-state index in [1.54, 1.807) is 0 Å². The number of allylic oxidation sites excluding steroid dienone is 2. The quantitative estimate of drug-likeness (QED) is 0.484. The van der Waals surface area contributed by atoms with E-state index < -0.39 is 0 Å². The molecule has 0 aliphatic heterocycles. The Morgan fingerprint density at radius 1 is 1.71 bits per heavy atom. The van der Waals surface area contributed by atoms with Crippen molar-refractivity contribution in [3.05, 3.63) is 11.3 Å². The van der Waals surface area contributed by atoms with E-state index in [1.807, 2.05) is 0 Å². The fourth-order valence-electron chi connectivity index (χ4n) is 0.977. The fourth-order valence-corrected chi connectivity index (χ4v) is 0.977. The predicted molar refractivity (Wildman–Crippen MR) is 30.7 cm³/mol. The SMILES string of the molecule is CC1=C(N)[C@@H](C)C1. The minimum atomic E-state index is 0.667. The van der Waals surface area contributed by atoms with Crippen molar-refractivity contribution in [3.8, 4) is 0 Å². The molecule has 1 aliphatic carbocycles. The van der Waals surface area contributed by atoms with Crippen LogP contribution in [0.15, 0.2) is 11.3 Å². The standard InChI is InChI=1S/C6H11N/c1-4-3-5(2)6(4)7/h4H,3,7H2,1-2H3/t4-/m0/s1. The van der Waals surface area contributed by atoms with Crippen molar-refractivity contribution in [1.82, 2.24) is 0 Å². The zero-order valence-electron chi connectivity index (χ0n) is 4.86. The van der Waals surface area contributed by atoms with Crippen LogP contribution in [-0.4, -0.2) is 0 Å². The van der Waals surface area contributed by atoms with Crippen LogP contribution in [0.4, 0.5) is 0 Å². The van der Waals surface area contributed by atoms with Gasteiger partial charge in [-0.3, -0.25) is 0 Å². The molecule has 0 unspecified atom stereocenters. The van der Waals surface area contributed by atoms with Gasteiger partial charge in [-0.25, -0.2) is 0 Å². The summed E-state index contributed by atoms with van der Waals surface area (Å²) in [5.41, 5.74) is 8.04. The second-order valence-corrected chi connectivity index (χ2v) is 2.34. The molecule has 0 aromatic carbocycles. The van der Waals surface area contributed by atoms with Crippen LogP contribution in [-0.2, 0) is 0 Å². The molecule has 0 amide bonds. The topological polar surface area (TPSA) is 26.0 Å². The molecule has 0 aromatic heterocycles. The van der Waals surface area contributed by atoms with Crippen LogP contribution >= 0.6 is 0 Å². The molecule has 1 atom stereocenters. The van der Waals surface area contributed by atoms with Gasteiger partial charge < -0.3 is 5.73 Å². The largest absolute Gasteiger partial charge is 0.402 e. The smallest absolute Gasteiger partial charge is 0.0102 e. The molecule has 1 aliphatic rings. The number of nitrogens with two attached hydrogens (primary N) is 1. The molecule has 2 N–H and O–H groups in total. The highest BCUT2D eigenvalue weighted by Crippen LogP contribution is 2.28. The Balaban J connectivity index is 2.65. The zero-order valence-corrected chi connectivity index (χ0v) is 4.86. The molecule has 0 saturated carbocycles. The summed E-state index contributed by atoms with van der Waals surface area (Å²) in [5, 5.41) is 0. The molecule has 0 heterocycles. The van der Waals surface area contributed by atoms with Gasteiger partial charge in [-0.1, -0.05) is 12.5 Å². The van der Waals surface area contributed by atoms with E-state index in [-0.39, 0.29) is 0 Å². The molecule has 1 rings (SSSR count). The van der Waals surface area contributed by atoms with Crippen LogP contribution in [0.5, 0.6) is 0 Å². The summed E-state index contributed by atoms with van der Waals surface area (Å²) < 4.78 is 0. The van der Waals surface area contributed by atoms with Crippen LogP contribution in [0, 0.1) is 5.92 Å². The molecule has 1 nitrogen and oxygen atoms in total. The van der Waals surface area contributed by atoms with E-state index in [1.165, 1.54) is 12.0 Å². The van der Waals surface area contributed by atoms with Gasteiger partial charge in [0.1, 0.15) is 0 Å². The lowest BCUT2D eigenvalue weighted by Gasteiger charge is -2.24. The summed E-state index contributed by atoms with van der Waals surface area (Å²) in [5.74, 6) is 0.667. The molecule has 1 heteroatoms. The molecule has 0 spiro atoms. The Labute approximate surface area is 44.2 Å². The average molecular weight is 97.2 g/mol. The van der Waals surface area contributed by atoms with Gasteiger partial charge in [-0.15, -0.1) is 0 Å². The highest BCUT2D eigenvalue weighted by Gasteiger charge is 2.17. The van der Waals surface area contributed by atoms with Crippen LogP contribution in [0.1, 0.15) is 20.3 Å². The van der Waals surface area contributed by atoms with Gasteiger partial charge in [0.15, 0.2) is 0 Å². The van der Waals surface area contributed by atoms with Crippen molar-refractivity contribution in [1.29, 1.82) is 0 Å². The van der Waals surface area contributed by atoms with Gasteiger partial charge in [0.2, 0.25) is 0 Å². The van der Waals surface area contributed by atoms with Crippen molar-refractivity contribution in [3.63, 3.8) is 0 Å². The number of hydrogen-bond acceptors (Lipinski definition) is 1. The third-order valence-corrected chi connectivity index (χ3v) is 1.64. The molecule has 0 saturated heterocycles. The van der Waals surface area contributed by atoms with E-state index in [0.29, 0.717) is 5.92 Å².